The SMILES string of the molecule is CCc1ccccc1C(=O)Nc1cncc(C(F)(F)F)c1. The first-order valence-electron chi connectivity index (χ1n) is 6.33. The van der Waals surface area contributed by atoms with Gasteiger partial charge in [-0.05, 0) is 24.1 Å². The minimum absolute atomic E-state index is 0.0146. The summed E-state index contributed by atoms with van der Waals surface area (Å²) in [6.07, 6.45) is -1.93. The van der Waals surface area contributed by atoms with Gasteiger partial charge in [0.2, 0.25) is 0 Å². The Balaban J connectivity index is 2.24. The van der Waals surface area contributed by atoms with E-state index in [1.807, 2.05) is 6.92 Å². The van der Waals surface area contributed by atoms with Crippen molar-refractivity contribution in [1.29, 1.82) is 0 Å². The van der Waals surface area contributed by atoms with Crippen molar-refractivity contribution < 1.29 is 18.0 Å². The van der Waals surface area contributed by atoms with Gasteiger partial charge in [0.05, 0.1) is 17.4 Å². The largest absolute Gasteiger partial charge is 0.417 e. The van der Waals surface area contributed by atoms with Crippen LogP contribution < -0.4 is 5.32 Å². The van der Waals surface area contributed by atoms with Crippen molar-refractivity contribution in [1.82, 2.24) is 4.98 Å². The third kappa shape index (κ3) is 3.59. The van der Waals surface area contributed by atoms with E-state index >= 15 is 0 Å². The normalized spacial score (nSPS) is 11.2. The van der Waals surface area contributed by atoms with Crippen LogP contribution in [0.4, 0.5) is 18.9 Å². The van der Waals surface area contributed by atoms with Crippen LogP contribution in [0.5, 0.6) is 0 Å². The highest BCUT2D eigenvalue weighted by Crippen LogP contribution is 2.30. The molecular formula is C15H13F3N2O. The summed E-state index contributed by atoms with van der Waals surface area (Å²) < 4.78 is 37.8. The van der Waals surface area contributed by atoms with Crippen LogP contribution in [0.25, 0.3) is 0 Å². The van der Waals surface area contributed by atoms with Gasteiger partial charge in [-0.15, -0.1) is 0 Å². The standard InChI is InChI=1S/C15H13F3N2O/c1-2-10-5-3-4-6-13(10)14(21)20-12-7-11(8-19-9-12)15(16,17)18/h3-9H,2H2,1H3,(H,20,21). The lowest BCUT2D eigenvalue weighted by Crippen LogP contribution is -2.15. The molecule has 2 aromatic rings. The summed E-state index contributed by atoms with van der Waals surface area (Å²) in [5, 5.41) is 2.44. The van der Waals surface area contributed by atoms with Gasteiger partial charge in [-0.25, -0.2) is 0 Å². The summed E-state index contributed by atoms with van der Waals surface area (Å²) >= 11 is 0. The van der Waals surface area contributed by atoms with Crippen molar-refractivity contribution in [3.63, 3.8) is 0 Å². The number of nitrogens with zero attached hydrogens (tertiary/aromatic N) is 1. The number of amides is 1. The number of anilines is 1. The lowest BCUT2D eigenvalue weighted by atomic mass is 10.0. The van der Waals surface area contributed by atoms with E-state index in [4.69, 9.17) is 0 Å². The second-order valence-electron chi connectivity index (χ2n) is 4.42. The maximum absolute atomic E-state index is 12.6. The van der Waals surface area contributed by atoms with Crippen molar-refractivity contribution in [2.75, 3.05) is 5.32 Å². The highest BCUT2D eigenvalue weighted by Gasteiger charge is 2.31. The number of hydrogen-bond donors (Lipinski definition) is 1. The molecule has 0 aliphatic heterocycles. The topological polar surface area (TPSA) is 42.0 Å². The van der Waals surface area contributed by atoms with Gasteiger partial charge in [-0.1, -0.05) is 25.1 Å². The third-order valence-corrected chi connectivity index (χ3v) is 2.97. The first kappa shape index (κ1) is 15.0. The van der Waals surface area contributed by atoms with Gasteiger partial charge in [0.25, 0.3) is 5.91 Å². The number of rotatable bonds is 3. The van der Waals surface area contributed by atoms with Crippen LogP contribution in [-0.2, 0) is 12.6 Å². The van der Waals surface area contributed by atoms with Gasteiger partial charge in [-0.3, -0.25) is 9.78 Å². The summed E-state index contributed by atoms with van der Waals surface area (Å²) in [6.45, 7) is 1.90. The van der Waals surface area contributed by atoms with Crippen molar-refractivity contribution in [3.8, 4) is 0 Å². The monoisotopic (exact) mass is 294 g/mol. The van der Waals surface area contributed by atoms with Crippen LogP contribution in [0.15, 0.2) is 42.7 Å². The van der Waals surface area contributed by atoms with Crippen molar-refractivity contribution in [3.05, 3.63) is 59.4 Å². The fourth-order valence-electron chi connectivity index (χ4n) is 1.91. The molecule has 0 saturated heterocycles. The number of halogens is 3. The fraction of sp³-hybridized carbons (Fsp3) is 0.200. The molecule has 0 fully saturated rings. The molecule has 1 aromatic heterocycles. The molecule has 0 radical (unpaired) electrons. The molecule has 3 nitrogen and oxygen atoms in total. The molecule has 6 heteroatoms. The van der Waals surface area contributed by atoms with E-state index in [1.54, 1.807) is 24.3 Å². The predicted octanol–water partition coefficient (Wildman–Crippen LogP) is 3.92. The Morgan fingerprint density at radius 3 is 2.62 bits per heavy atom. The molecule has 110 valence electrons. The molecule has 1 N–H and O–H groups in total. The molecule has 1 heterocycles. The van der Waals surface area contributed by atoms with Crippen LogP contribution in [-0.4, -0.2) is 10.9 Å². The Morgan fingerprint density at radius 1 is 1.24 bits per heavy atom. The van der Waals surface area contributed by atoms with Gasteiger partial charge in [-0.2, -0.15) is 13.2 Å². The quantitative estimate of drug-likeness (QED) is 0.932. The number of nitrogens with one attached hydrogen (secondary N) is 1. The number of carbonyl (C=O) groups excluding carboxylic acids is 1. The van der Waals surface area contributed by atoms with E-state index in [0.29, 0.717) is 12.0 Å². The zero-order valence-corrected chi connectivity index (χ0v) is 11.2. The lowest BCUT2D eigenvalue weighted by Gasteiger charge is -2.11. The molecule has 0 aliphatic rings. The third-order valence-electron chi connectivity index (χ3n) is 2.97. The van der Waals surface area contributed by atoms with E-state index in [9.17, 15) is 18.0 Å². The van der Waals surface area contributed by atoms with Gasteiger partial charge >= 0.3 is 6.18 Å². The van der Waals surface area contributed by atoms with E-state index < -0.39 is 17.6 Å². The molecule has 0 spiro atoms. The highest BCUT2D eigenvalue weighted by molar-refractivity contribution is 6.05. The minimum atomic E-state index is -4.49. The summed E-state index contributed by atoms with van der Waals surface area (Å²) in [5.74, 6) is -0.450. The van der Waals surface area contributed by atoms with E-state index in [2.05, 4.69) is 10.3 Å². The van der Waals surface area contributed by atoms with Gasteiger partial charge in [0.15, 0.2) is 0 Å². The Bertz CT molecular complexity index is 653. The number of benzene rings is 1. The average molecular weight is 294 g/mol. The van der Waals surface area contributed by atoms with Crippen LogP contribution in [0.3, 0.4) is 0 Å². The molecule has 0 bridgehead atoms. The van der Waals surface area contributed by atoms with E-state index in [-0.39, 0.29) is 5.69 Å². The molecule has 21 heavy (non-hydrogen) atoms. The summed E-state index contributed by atoms with van der Waals surface area (Å²) in [6, 6.07) is 7.81. The summed E-state index contributed by atoms with van der Waals surface area (Å²) in [5.41, 5.74) is 0.386. The maximum atomic E-state index is 12.6. The van der Waals surface area contributed by atoms with Gasteiger partial charge in [0, 0.05) is 11.8 Å². The molecule has 1 aromatic carbocycles. The Labute approximate surface area is 119 Å². The van der Waals surface area contributed by atoms with E-state index in [0.717, 1.165) is 17.8 Å². The molecule has 0 aliphatic carbocycles. The summed E-state index contributed by atoms with van der Waals surface area (Å²) in [4.78, 5) is 15.6. The molecular weight excluding hydrogens is 281 g/mol. The second-order valence-corrected chi connectivity index (χ2v) is 4.42. The van der Waals surface area contributed by atoms with Crippen molar-refractivity contribution in [2.24, 2.45) is 0 Å². The fourth-order valence-corrected chi connectivity index (χ4v) is 1.91. The highest BCUT2D eigenvalue weighted by atomic mass is 19.4. The Hall–Kier alpha value is -2.37. The first-order valence-corrected chi connectivity index (χ1v) is 6.33. The predicted molar refractivity (Wildman–Crippen MR) is 73.0 cm³/mol. The average Bonchev–Trinajstić information content (AvgIpc) is 2.46. The Kier molecular flexibility index (Phi) is 4.26. The van der Waals surface area contributed by atoms with Gasteiger partial charge in [0.1, 0.15) is 0 Å². The van der Waals surface area contributed by atoms with Crippen molar-refractivity contribution >= 4 is 11.6 Å². The number of aromatic nitrogens is 1. The molecule has 1 amide bonds. The second kappa shape index (κ2) is 5.95. The van der Waals surface area contributed by atoms with Crippen LogP contribution >= 0.6 is 0 Å². The van der Waals surface area contributed by atoms with Crippen molar-refractivity contribution in [2.45, 2.75) is 19.5 Å². The molecule has 0 saturated carbocycles. The van der Waals surface area contributed by atoms with Crippen LogP contribution in [0.2, 0.25) is 0 Å². The summed E-state index contributed by atoms with van der Waals surface area (Å²) in [7, 11) is 0. The van der Waals surface area contributed by atoms with Crippen LogP contribution in [0.1, 0.15) is 28.4 Å². The number of aryl methyl sites for hydroxylation is 1. The van der Waals surface area contributed by atoms with E-state index in [1.165, 1.54) is 6.20 Å². The molecule has 2 rings (SSSR count). The number of hydrogen-bond acceptors (Lipinski definition) is 2. The zero-order chi connectivity index (χ0) is 15.5. The Morgan fingerprint density at radius 2 is 1.95 bits per heavy atom. The van der Waals surface area contributed by atoms with Crippen LogP contribution in [0, 0.1) is 0 Å². The molecule has 0 atom stereocenters. The maximum Gasteiger partial charge on any atom is 0.417 e. The molecule has 0 unspecified atom stereocenters. The lowest BCUT2D eigenvalue weighted by molar-refractivity contribution is -0.137. The number of alkyl halides is 3. The first-order chi connectivity index (χ1) is 9.91. The number of carbonyl (C=O) groups is 1. The number of pyridine rings is 1. The minimum Gasteiger partial charge on any atom is -0.321 e. The van der Waals surface area contributed by atoms with Gasteiger partial charge < -0.3 is 5.32 Å². The zero-order valence-electron chi connectivity index (χ0n) is 11.2. The smallest absolute Gasteiger partial charge is 0.321 e.